The van der Waals surface area contributed by atoms with E-state index in [9.17, 15) is 14.9 Å². The third-order valence-electron chi connectivity index (χ3n) is 3.20. The number of nitrogens with one attached hydrogen (secondary N) is 1. The Morgan fingerprint density at radius 1 is 1.17 bits per heavy atom. The van der Waals surface area contributed by atoms with Gasteiger partial charge in [-0.3, -0.25) is 14.9 Å². The maximum Gasteiger partial charge on any atom is 0.289 e. The summed E-state index contributed by atoms with van der Waals surface area (Å²) in [6, 6.07) is 14.7. The molecule has 1 amide bonds. The number of carbonyl (C=O) groups is 1. The molecule has 1 N–H and O–H groups in total. The minimum Gasteiger partial charge on any atom is -0.355 e. The van der Waals surface area contributed by atoms with Crippen LogP contribution in [0.25, 0.3) is 11.3 Å². The predicted octanol–water partition coefficient (Wildman–Crippen LogP) is 4.16. The van der Waals surface area contributed by atoms with Crippen LogP contribution in [0.15, 0.2) is 59.1 Å². The summed E-state index contributed by atoms with van der Waals surface area (Å²) in [4.78, 5) is 22.4. The summed E-state index contributed by atoms with van der Waals surface area (Å²) in [5.41, 5.74) is 0.789. The van der Waals surface area contributed by atoms with Crippen molar-refractivity contribution in [3.05, 3.63) is 75.4 Å². The van der Waals surface area contributed by atoms with Crippen LogP contribution in [0, 0.1) is 10.1 Å². The Morgan fingerprint density at radius 3 is 2.62 bits per heavy atom. The number of nitro benzene ring substituents is 1. The molecule has 7 nitrogen and oxygen atoms in total. The maximum absolute atomic E-state index is 12.2. The summed E-state index contributed by atoms with van der Waals surface area (Å²) in [5, 5.41) is 17.1. The zero-order chi connectivity index (χ0) is 17.1. The second kappa shape index (κ2) is 6.51. The number of benzene rings is 2. The largest absolute Gasteiger partial charge is 0.355 e. The molecule has 2 aromatic carbocycles. The second-order valence-electron chi connectivity index (χ2n) is 4.82. The molecule has 0 unspecified atom stereocenters. The second-order valence-corrected chi connectivity index (χ2v) is 5.23. The number of nitro groups is 1. The van der Waals surface area contributed by atoms with Crippen LogP contribution < -0.4 is 5.32 Å². The lowest BCUT2D eigenvalue weighted by atomic mass is 10.1. The molecule has 8 heteroatoms. The lowest BCUT2D eigenvalue weighted by molar-refractivity contribution is -0.384. The van der Waals surface area contributed by atoms with Gasteiger partial charge < -0.3 is 9.84 Å². The number of hydrogen-bond acceptors (Lipinski definition) is 5. The summed E-state index contributed by atoms with van der Waals surface area (Å²) in [6.45, 7) is 0. The zero-order valence-corrected chi connectivity index (χ0v) is 12.9. The quantitative estimate of drug-likeness (QED) is 0.566. The van der Waals surface area contributed by atoms with Gasteiger partial charge in [-0.1, -0.05) is 47.1 Å². The number of nitrogens with zero attached hydrogens (tertiary/aromatic N) is 2. The van der Waals surface area contributed by atoms with Crippen LogP contribution in [0.2, 0.25) is 5.02 Å². The van der Waals surface area contributed by atoms with Gasteiger partial charge in [0.25, 0.3) is 11.6 Å². The van der Waals surface area contributed by atoms with Gasteiger partial charge in [-0.25, -0.2) is 0 Å². The van der Waals surface area contributed by atoms with Crippen molar-refractivity contribution in [1.29, 1.82) is 0 Å². The van der Waals surface area contributed by atoms with Gasteiger partial charge in [0, 0.05) is 23.4 Å². The van der Waals surface area contributed by atoms with Crippen LogP contribution in [-0.2, 0) is 0 Å². The molecule has 0 aliphatic heterocycles. The summed E-state index contributed by atoms with van der Waals surface area (Å²) in [7, 11) is 0. The van der Waals surface area contributed by atoms with E-state index in [1.807, 2.05) is 30.3 Å². The smallest absolute Gasteiger partial charge is 0.289 e. The van der Waals surface area contributed by atoms with E-state index >= 15 is 0 Å². The first-order valence-electron chi connectivity index (χ1n) is 6.82. The first-order chi connectivity index (χ1) is 11.5. The fourth-order valence-corrected chi connectivity index (χ4v) is 2.23. The third-order valence-corrected chi connectivity index (χ3v) is 3.52. The molecular formula is C16H10ClN3O4. The molecule has 0 aliphatic carbocycles. The third kappa shape index (κ3) is 3.26. The van der Waals surface area contributed by atoms with Crippen molar-refractivity contribution in [2.24, 2.45) is 0 Å². The van der Waals surface area contributed by atoms with Crippen LogP contribution in [0.4, 0.5) is 11.4 Å². The number of anilines is 1. The van der Waals surface area contributed by atoms with Crippen molar-refractivity contribution in [3.63, 3.8) is 0 Å². The molecule has 0 saturated carbocycles. The highest BCUT2D eigenvalue weighted by Crippen LogP contribution is 2.27. The number of halogens is 1. The van der Waals surface area contributed by atoms with Gasteiger partial charge >= 0.3 is 0 Å². The molecule has 0 aliphatic rings. The average Bonchev–Trinajstić information content (AvgIpc) is 3.07. The van der Waals surface area contributed by atoms with Crippen molar-refractivity contribution in [1.82, 2.24) is 5.16 Å². The minimum atomic E-state index is -0.623. The average molecular weight is 344 g/mol. The number of rotatable bonds is 4. The van der Waals surface area contributed by atoms with Gasteiger partial charge in [0.15, 0.2) is 11.5 Å². The molecule has 0 saturated heterocycles. The summed E-state index contributed by atoms with van der Waals surface area (Å²) in [5.74, 6) is -0.0969. The summed E-state index contributed by atoms with van der Waals surface area (Å²) < 4.78 is 5.15. The SMILES string of the molecule is O=C(Nc1ccc(Cl)c([N+](=O)[O-])c1)c1cc(-c2ccccc2)on1. The van der Waals surface area contributed by atoms with Gasteiger partial charge in [-0.05, 0) is 12.1 Å². The number of amides is 1. The van der Waals surface area contributed by atoms with Gasteiger partial charge in [-0.15, -0.1) is 0 Å². The van der Waals surface area contributed by atoms with Crippen LogP contribution in [0.1, 0.15) is 10.5 Å². The molecule has 1 aromatic heterocycles. The summed E-state index contributed by atoms with van der Waals surface area (Å²) >= 11 is 5.73. The van der Waals surface area contributed by atoms with Gasteiger partial charge in [-0.2, -0.15) is 0 Å². The Bertz CT molecular complexity index is 909. The molecule has 3 rings (SSSR count). The molecule has 1 heterocycles. The van der Waals surface area contributed by atoms with Crippen molar-refractivity contribution in [2.75, 3.05) is 5.32 Å². The standard InChI is InChI=1S/C16H10ClN3O4/c17-12-7-6-11(8-14(12)20(22)23)18-16(21)13-9-15(24-19-13)10-4-2-1-3-5-10/h1-9H,(H,18,21). The molecule has 0 atom stereocenters. The van der Waals surface area contributed by atoms with E-state index in [0.29, 0.717) is 5.76 Å². The van der Waals surface area contributed by atoms with Crippen molar-refractivity contribution < 1.29 is 14.2 Å². The molecule has 0 radical (unpaired) electrons. The van der Waals surface area contributed by atoms with Crippen LogP contribution in [0.5, 0.6) is 0 Å². The number of hydrogen-bond donors (Lipinski definition) is 1. The normalized spacial score (nSPS) is 10.4. The lowest BCUT2D eigenvalue weighted by Crippen LogP contribution is -2.12. The highest BCUT2D eigenvalue weighted by molar-refractivity contribution is 6.32. The molecule has 0 spiro atoms. The van der Waals surface area contributed by atoms with Crippen molar-refractivity contribution in [2.45, 2.75) is 0 Å². The zero-order valence-electron chi connectivity index (χ0n) is 12.1. The van der Waals surface area contributed by atoms with Crippen molar-refractivity contribution in [3.8, 4) is 11.3 Å². The highest BCUT2D eigenvalue weighted by Gasteiger charge is 2.17. The Balaban J connectivity index is 1.80. The first kappa shape index (κ1) is 15.7. The molecule has 0 fully saturated rings. The Labute approximate surface area is 141 Å². The molecule has 24 heavy (non-hydrogen) atoms. The highest BCUT2D eigenvalue weighted by atomic mass is 35.5. The van der Waals surface area contributed by atoms with Gasteiger partial charge in [0.2, 0.25) is 0 Å². The number of carbonyl (C=O) groups excluding carboxylic acids is 1. The maximum atomic E-state index is 12.2. The van der Waals surface area contributed by atoms with Crippen molar-refractivity contribution >= 4 is 28.9 Å². The summed E-state index contributed by atoms with van der Waals surface area (Å²) in [6.07, 6.45) is 0. The van der Waals surface area contributed by atoms with E-state index in [1.165, 1.54) is 24.3 Å². The molecule has 0 bridgehead atoms. The molecular weight excluding hydrogens is 334 g/mol. The van der Waals surface area contributed by atoms with E-state index in [0.717, 1.165) is 5.56 Å². The van der Waals surface area contributed by atoms with Crippen LogP contribution in [0.3, 0.4) is 0 Å². The van der Waals surface area contributed by atoms with Gasteiger partial charge in [0.05, 0.1) is 4.92 Å². The monoisotopic (exact) mass is 343 g/mol. The van der Waals surface area contributed by atoms with Gasteiger partial charge in [0.1, 0.15) is 5.02 Å². The number of aromatic nitrogens is 1. The van der Waals surface area contributed by atoms with E-state index in [4.69, 9.17) is 16.1 Å². The lowest BCUT2D eigenvalue weighted by Gasteiger charge is -2.03. The Morgan fingerprint density at radius 2 is 1.92 bits per heavy atom. The van der Waals surface area contributed by atoms with E-state index in [2.05, 4.69) is 10.5 Å². The van der Waals surface area contributed by atoms with Crippen LogP contribution in [-0.4, -0.2) is 16.0 Å². The molecule has 120 valence electrons. The fraction of sp³-hybridized carbons (Fsp3) is 0. The first-order valence-corrected chi connectivity index (χ1v) is 7.20. The van der Waals surface area contributed by atoms with Crippen LogP contribution >= 0.6 is 11.6 Å². The molecule has 3 aromatic rings. The Kier molecular flexibility index (Phi) is 4.26. The van der Waals surface area contributed by atoms with E-state index < -0.39 is 10.8 Å². The fourth-order valence-electron chi connectivity index (χ4n) is 2.05. The van der Waals surface area contributed by atoms with E-state index in [-0.39, 0.29) is 22.1 Å². The van der Waals surface area contributed by atoms with E-state index in [1.54, 1.807) is 0 Å². The Hall–Kier alpha value is -3.19. The topological polar surface area (TPSA) is 98.3 Å². The predicted molar refractivity (Wildman–Crippen MR) is 88.0 cm³/mol. The minimum absolute atomic E-state index is 0.00852.